The molecule has 2 unspecified atom stereocenters. The maximum atomic E-state index is 12.3. The Morgan fingerprint density at radius 1 is 1.47 bits per heavy atom. The Kier molecular flexibility index (Phi) is 4.40. The van der Waals surface area contributed by atoms with E-state index in [1.165, 1.54) is 0 Å². The van der Waals surface area contributed by atoms with Crippen molar-refractivity contribution < 1.29 is 9.53 Å². The minimum Gasteiger partial charge on any atom is -0.381 e. The van der Waals surface area contributed by atoms with Gasteiger partial charge in [-0.2, -0.15) is 0 Å². The first-order valence-electron chi connectivity index (χ1n) is 6.86. The lowest BCUT2D eigenvalue weighted by Gasteiger charge is -2.27. The summed E-state index contributed by atoms with van der Waals surface area (Å²) in [6, 6.07) is 0.161. The highest BCUT2D eigenvalue weighted by Gasteiger charge is 2.36. The zero-order chi connectivity index (χ0) is 12.3. The number of nitrogens with zero attached hydrogens (tertiary/aromatic N) is 1. The molecular weight excluding hydrogens is 216 g/mol. The topological polar surface area (TPSA) is 55.6 Å². The third kappa shape index (κ3) is 3.42. The summed E-state index contributed by atoms with van der Waals surface area (Å²) >= 11 is 0. The molecule has 1 saturated carbocycles. The van der Waals surface area contributed by atoms with Crippen LogP contribution in [0.5, 0.6) is 0 Å². The molecule has 1 aliphatic heterocycles. The maximum Gasteiger partial charge on any atom is 0.239 e. The third-order valence-corrected chi connectivity index (χ3v) is 3.67. The van der Waals surface area contributed by atoms with Gasteiger partial charge in [0.25, 0.3) is 0 Å². The van der Waals surface area contributed by atoms with Crippen LogP contribution in [0.1, 0.15) is 39.0 Å². The summed E-state index contributed by atoms with van der Waals surface area (Å²) in [5.41, 5.74) is 5.95. The lowest BCUT2D eigenvalue weighted by Crippen LogP contribution is -2.46. The fraction of sp³-hybridized carbons (Fsp3) is 0.923. The third-order valence-electron chi connectivity index (χ3n) is 3.67. The summed E-state index contributed by atoms with van der Waals surface area (Å²) in [6.45, 7) is 4.57. The van der Waals surface area contributed by atoms with Crippen molar-refractivity contribution in [3.63, 3.8) is 0 Å². The smallest absolute Gasteiger partial charge is 0.239 e. The first kappa shape index (κ1) is 12.8. The van der Waals surface area contributed by atoms with E-state index in [1.807, 2.05) is 4.90 Å². The molecule has 1 saturated heterocycles. The van der Waals surface area contributed by atoms with Crippen molar-refractivity contribution in [2.45, 2.75) is 51.1 Å². The molecule has 0 aromatic heterocycles. The van der Waals surface area contributed by atoms with Crippen LogP contribution in [0.2, 0.25) is 0 Å². The van der Waals surface area contributed by atoms with E-state index < -0.39 is 0 Å². The predicted octanol–water partition coefficient (Wildman–Crippen LogP) is 1.14. The lowest BCUT2D eigenvalue weighted by atomic mass is 10.1. The molecule has 2 atom stereocenters. The molecule has 0 bridgehead atoms. The van der Waals surface area contributed by atoms with E-state index in [0.29, 0.717) is 12.0 Å². The normalized spacial score (nSPS) is 25.9. The van der Waals surface area contributed by atoms with E-state index in [-0.39, 0.29) is 11.9 Å². The van der Waals surface area contributed by atoms with Gasteiger partial charge in [0.2, 0.25) is 5.91 Å². The van der Waals surface area contributed by atoms with Crippen LogP contribution in [0.4, 0.5) is 0 Å². The molecule has 1 amide bonds. The highest BCUT2D eigenvalue weighted by molar-refractivity contribution is 5.82. The number of hydrogen-bond donors (Lipinski definition) is 1. The summed E-state index contributed by atoms with van der Waals surface area (Å²) in [4.78, 5) is 14.3. The average molecular weight is 240 g/mol. The van der Waals surface area contributed by atoms with Gasteiger partial charge in [-0.15, -0.1) is 0 Å². The van der Waals surface area contributed by atoms with Crippen LogP contribution in [0, 0.1) is 5.92 Å². The minimum absolute atomic E-state index is 0.154. The van der Waals surface area contributed by atoms with Gasteiger partial charge in [0.15, 0.2) is 0 Å². The largest absolute Gasteiger partial charge is 0.381 e. The van der Waals surface area contributed by atoms with Gasteiger partial charge in [-0.1, -0.05) is 13.3 Å². The Hall–Kier alpha value is -0.610. The first-order chi connectivity index (χ1) is 8.22. The lowest BCUT2D eigenvalue weighted by molar-refractivity contribution is -0.134. The van der Waals surface area contributed by atoms with Crippen LogP contribution in [0.25, 0.3) is 0 Å². The number of rotatable bonds is 6. The van der Waals surface area contributed by atoms with E-state index in [0.717, 1.165) is 51.9 Å². The van der Waals surface area contributed by atoms with Crippen LogP contribution in [-0.2, 0) is 9.53 Å². The number of hydrogen-bond acceptors (Lipinski definition) is 3. The summed E-state index contributed by atoms with van der Waals surface area (Å²) < 4.78 is 5.38. The maximum absolute atomic E-state index is 12.3. The van der Waals surface area contributed by atoms with Crippen LogP contribution in [0.3, 0.4) is 0 Å². The van der Waals surface area contributed by atoms with Crippen LogP contribution in [0.15, 0.2) is 0 Å². The molecule has 2 rings (SSSR count). The molecule has 2 N–H and O–H groups in total. The molecule has 2 aliphatic rings. The molecular formula is C13H24N2O2. The molecule has 0 aromatic carbocycles. The second-order valence-corrected chi connectivity index (χ2v) is 5.35. The van der Waals surface area contributed by atoms with Gasteiger partial charge in [0.1, 0.15) is 0 Å². The number of nitrogens with two attached hydrogens (primary N) is 1. The molecule has 1 heterocycles. The molecule has 0 spiro atoms. The molecule has 2 fully saturated rings. The number of carbonyl (C=O) groups is 1. The van der Waals surface area contributed by atoms with Gasteiger partial charge in [0.05, 0.1) is 12.6 Å². The molecule has 17 heavy (non-hydrogen) atoms. The Bertz CT molecular complexity index is 260. The van der Waals surface area contributed by atoms with Gasteiger partial charge in [-0.05, 0) is 25.7 Å². The Labute approximate surface area is 103 Å². The first-order valence-corrected chi connectivity index (χ1v) is 6.86. The van der Waals surface area contributed by atoms with Crippen LogP contribution >= 0.6 is 0 Å². The average Bonchev–Trinajstić information content (AvgIpc) is 3.03. The van der Waals surface area contributed by atoms with E-state index in [1.54, 1.807) is 0 Å². The zero-order valence-corrected chi connectivity index (χ0v) is 10.7. The van der Waals surface area contributed by atoms with Crippen molar-refractivity contribution in [1.82, 2.24) is 4.90 Å². The Morgan fingerprint density at radius 2 is 2.24 bits per heavy atom. The van der Waals surface area contributed by atoms with Crippen molar-refractivity contribution in [2.24, 2.45) is 11.7 Å². The Morgan fingerprint density at radius 3 is 2.76 bits per heavy atom. The van der Waals surface area contributed by atoms with Crippen molar-refractivity contribution in [3.05, 3.63) is 0 Å². The Balaban J connectivity index is 1.89. The van der Waals surface area contributed by atoms with Crippen LogP contribution < -0.4 is 5.73 Å². The fourth-order valence-electron chi connectivity index (χ4n) is 2.46. The minimum atomic E-state index is -0.303. The van der Waals surface area contributed by atoms with E-state index in [9.17, 15) is 4.79 Å². The quantitative estimate of drug-likeness (QED) is 0.757. The molecule has 0 radical (unpaired) electrons. The molecule has 0 aromatic rings. The van der Waals surface area contributed by atoms with Gasteiger partial charge < -0.3 is 15.4 Å². The molecule has 4 heteroatoms. The summed E-state index contributed by atoms with van der Waals surface area (Å²) in [5, 5.41) is 0. The highest BCUT2D eigenvalue weighted by Crippen LogP contribution is 2.29. The second kappa shape index (κ2) is 5.83. The standard InChI is InChI=1S/C13H24N2O2/c1-2-3-12(14)13(16)15(11-4-5-11)8-10-6-7-17-9-10/h10-12H,2-9,14H2,1H3. The van der Waals surface area contributed by atoms with Crippen molar-refractivity contribution in [2.75, 3.05) is 19.8 Å². The number of amides is 1. The number of carbonyl (C=O) groups excluding carboxylic acids is 1. The summed E-state index contributed by atoms with van der Waals surface area (Å²) in [7, 11) is 0. The monoisotopic (exact) mass is 240 g/mol. The zero-order valence-electron chi connectivity index (χ0n) is 10.7. The second-order valence-electron chi connectivity index (χ2n) is 5.35. The molecule has 1 aliphatic carbocycles. The van der Waals surface area contributed by atoms with Gasteiger partial charge in [-0.25, -0.2) is 0 Å². The van der Waals surface area contributed by atoms with E-state index in [2.05, 4.69) is 6.92 Å². The van der Waals surface area contributed by atoms with E-state index in [4.69, 9.17) is 10.5 Å². The van der Waals surface area contributed by atoms with Crippen molar-refractivity contribution in [3.8, 4) is 0 Å². The highest BCUT2D eigenvalue weighted by atomic mass is 16.5. The SMILES string of the molecule is CCCC(N)C(=O)N(CC1CCOC1)C1CC1. The van der Waals surface area contributed by atoms with Crippen molar-refractivity contribution >= 4 is 5.91 Å². The van der Waals surface area contributed by atoms with E-state index >= 15 is 0 Å². The van der Waals surface area contributed by atoms with Crippen molar-refractivity contribution in [1.29, 1.82) is 0 Å². The van der Waals surface area contributed by atoms with Gasteiger partial charge >= 0.3 is 0 Å². The van der Waals surface area contributed by atoms with Gasteiger partial charge in [-0.3, -0.25) is 4.79 Å². The molecule has 4 nitrogen and oxygen atoms in total. The number of ether oxygens (including phenoxy) is 1. The fourth-order valence-corrected chi connectivity index (χ4v) is 2.46. The summed E-state index contributed by atoms with van der Waals surface area (Å²) in [6.07, 6.45) is 5.15. The molecule has 98 valence electrons. The summed E-state index contributed by atoms with van der Waals surface area (Å²) in [5.74, 6) is 0.676. The predicted molar refractivity (Wildman–Crippen MR) is 66.5 cm³/mol. The van der Waals surface area contributed by atoms with Crippen LogP contribution in [-0.4, -0.2) is 42.6 Å². The van der Waals surface area contributed by atoms with Gasteiger partial charge in [0, 0.05) is 25.1 Å².